The zero-order valence-corrected chi connectivity index (χ0v) is 21.2. The van der Waals surface area contributed by atoms with Crippen molar-refractivity contribution in [1.82, 2.24) is 15.0 Å². The van der Waals surface area contributed by atoms with Gasteiger partial charge in [0, 0.05) is 43.1 Å². The van der Waals surface area contributed by atoms with Gasteiger partial charge < -0.3 is 16.2 Å². The van der Waals surface area contributed by atoms with Crippen LogP contribution in [0.15, 0.2) is 78.2 Å². The lowest BCUT2D eigenvalue weighted by molar-refractivity contribution is 0.0997. The molecule has 1 amide bonds. The van der Waals surface area contributed by atoms with Crippen molar-refractivity contribution in [2.75, 3.05) is 19.6 Å². The highest BCUT2D eigenvalue weighted by atomic mass is 32.2. The first-order chi connectivity index (χ1) is 17.5. The third-order valence-corrected chi connectivity index (χ3v) is 5.01. The number of aliphatic imine (C=N–C) groups is 1. The lowest BCUT2D eigenvalue weighted by Gasteiger charge is -2.12. The number of carbonyl (C=O) groups is 1. The number of ether oxygens (including phenoxy) is 1. The zero-order chi connectivity index (χ0) is 25.9. The molecule has 0 fully saturated rings. The largest absolute Gasteiger partial charge is 0.487 e. The molecule has 0 aliphatic carbocycles. The molecule has 0 unspecified atom stereocenters. The van der Waals surface area contributed by atoms with Crippen LogP contribution in [0.1, 0.15) is 27.2 Å². The van der Waals surface area contributed by atoms with E-state index in [9.17, 15) is 4.79 Å². The monoisotopic (exact) mass is 500 g/mol. The average molecular weight is 501 g/mol. The highest BCUT2D eigenvalue weighted by Gasteiger charge is 2.13. The van der Waals surface area contributed by atoms with Crippen molar-refractivity contribution < 1.29 is 9.53 Å². The van der Waals surface area contributed by atoms with Crippen LogP contribution in [0, 0.1) is 0 Å². The molecule has 3 heterocycles. The quantitative estimate of drug-likeness (QED) is 0.364. The maximum absolute atomic E-state index is 11.9. The maximum Gasteiger partial charge on any atom is 0.250 e. The Labute approximate surface area is 214 Å². The molecule has 8 nitrogen and oxygen atoms in total. The Morgan fingerprint density at radius 2 is 1.69 bits per heavy atom. The van der Waals surface area contributed by atoms with E-state index in [1.54, 1.807) is 55.7 Å². The molecule has 0 saturated heterocycles. The minimum atomic E-state index is -0.580. The van der Waals surface area contributed by atoms with Gasteiger partial charge in [-0.1, -0.05) is 0 Å². The number of nitrogens with two attached hydrogens (primary N) is 2. The van der Waals surface area contributed by atoms with Crippen LogP contribution in [0.2, 0.25) is 0 Å². The summed E-state index contributed by atoms with van der Waals surface area (Å²) in [7, 11) is 1.70. The van der Waals surface area contributed by atoms with E-state index < -0.39 is 5.91 Å². The number of hydrogen-bond donors (Lipinski definition) is 2. The van der Waals surface area contributed by atoms with Crippen molar-refractivity contribution in [2.24, 2.45) is 16.5 Å². The van der Waals surface area contributed by atoms with Gasteiger partial charge in [-0.3, -0.25) is 19.8 Å². The highest BCUT2D eigenvalue weighted by molar-refractivity contribution is 7.97. The summed E-state index contributed by atoms with van der Waals surface area (Å²) in [6, 6.07) is 16.3. The fourth-order valence-electron chi connectivity index (χ4n) is 3.36. The van der Waals surface area contributed by atoms with Gasteiger partial charge in [0.05, 0.1) is 22.3 Å². The van der Waals surface area contributed by atoms with E-state index in [2.05, 4.69) is 19.9 Å². The number of rotatable bonds is 7. The number of amides is 1. The second kappa shape index (κ2) is 13.0. The van der Waals surface area contributed by atoms with Crippen LogP contribution < -0.4 is 16.2 Å². The number of pyridine rings is 3. The molecular weight excluding hydrogens is 472 g/mol. The molecule has 0 spiro atoms. The Morgan fingerprint density at radius 1 is 1.00 bits per heavy atom. The van der Waals surface area contributed by atoms with Crippen molar-refractivity contribution in [3.8, 4) is 5.75 Å². The number of nitrogens with zero attached hydrogens (tertiary/aromatic N) is 4. The van der Waals surface area contributed by atoms with E-state index in [0.717, 1.165) is 16.7 Å². The molecule has 0 atom stereocenters. The van der Waals surface area contributed by atoms with Gasteiger partial charge in [0.1, 0.15) is 12.4 Å². The zero-order valence-electron chi connectivity index (χ0n) is 20.4. The second-order valence-corrected chi connectivity index (χ2v) is 8.38. The predicted molar refractivity (Wildman–Crippen MR) is 148 cm³/mol. The summed E-state index contributed by atoms with van der Waals surface area (Å²) in [5.41, 5.74) is 17.1. The van der Waals surface area contributed by atoms with Crippen molar-refractivity contribution in [2.45, 2.75) is 6.61 Å². The molecule has 4 aromatic rings. The third kappa shape index (κ3) is 6.67. The smallest absolute Gasteiger partial charge is 0.250 e. The molecule has 9 heteroatoms. The van der Waals surface area contributed by atoms with Gasteiger partial charge >= 0.3 is 0 Å². The van der Waals surface area contributed by atoms with Crippen molar-refractivity contribution in [1.29, 1.82) is 0 Å². The standard InChI is InChI=1S/C25H22N6O2.C2H6S/c1-28-14-20(16-8-11-29-12-9-16)24(26)17-4-6-18(7-5-17)33-15-23-19(25(27)32)13-22-21(31-23)3-2-10-30-22;1-3-2/h2-14H,15,26H2,1H3,(H2,27,32);1-2H3/b24-20+,28-14?;. The van der Waals surface area contributed by atoms with Gasteiger partial charge in [0.15, 0.2) is 0 Å². The first kappa shape index (κ1) is 26.4. The number of primary amides is 1. The van der Waals surface area contributed by atoms with Crippen LogP contribution in [-0.2, 0) is 6.61 Å². The maximum atomic E-state index is 11.9. The lowest BCUT2D eigenvalue weighted by atomic mass is 10.0. The summed E-state index contributed by atoms with van der Waals surface area (Å²) in [4.78, 5) is 28.8. The minimum absolute atomic E-state index is 0.0819. The average Bonchev–Trinajstić information content (AvgIpc) is 2.91. The van der Waals surface area contributed by atoms with Crippen LogP contribution in [0.4, 0.5) is 0 Å². The summed E-state index contributed by atoms with van der Waals surface area (Å²) in [6.07, 6.45) is 10.9. The van der Waals surface area contributed by atoms with Crippen LogP contribution >= 0.6 is 11.8 Å². The molecule has 1 aromatic carbocycles. The van der Waals surface area contributed by atoms with Gasteiger partial charge in [-0.15, -0.1) is 0 Å². The molecule has 4 rings (SSSR count). The Morgan fingerprint density at radius 3 is 2.33 bits per heavy atom. The van der Waals surface area contributed by atoms with Crippen molar-refractivity contribution >= 4 is 46.2 Å². The molecule has 4 N–H and O–H groups in total. The first-order valence-corrected chi connectivity index (χ1v) is 12.6. The summed E-state index contributed by atoms with van der Waals surface area (Å²) in [5, 5.41) is 0. The second-order valence-electron chi connectivity index (χ2n) is 7.56. The molecule has 3 aromatic heterocycles. The van der Waals surface area contributed by atoms with Gasteiger partial charge in [-0.2, -0.15) is 11.8 Å². The number of aromatic nitrogens is 3. The fourth-order valence-corrected chi connectivity index (χ4v) is 3.36. The summed E-state index contributed by atoms with van der Waals surface area (Å²) in [6.45, 7) is 0.0819. The number of carbonyl (C=O) groups excluding carboxylic acids is 1. The first-order valence-electron chi connectivity index (χ1n) is 11.0. The fraction of sp³-hybridized carbons (Fsp3) is 0.148. The van der Waals surface area contributed by atoms with Crippen LogP contribution in [0.5, 0.6) is 5.75 Å². The minimum Gasteiger partial charge on any atom is -0.487 e. The van der Waals surface area contributed by atoms with Crippen molar-refractivity contribution in [3.63, 3.8) is 0 Å². The van der Waals surface area contributed by atoms with E-state index in [4.69, 9.17) is 16.2 Å². The third-order valence-electron chi connectivity index (χ3n) is 5.01. The van der Waals surface area contributed by atoms with Gasteiger partial charge in [0.25, 0.3) is 5.91 Å². The molecule has 184 valence electrons. The molecule has 0 aliphatic rings. The number of fused-ring (bicyclic) bond motifs is 1. The predicted octanol–water partition coefficient (Wildman–Crippen LogP) is 4.21. The SMILES string of the molecule is CN=C/C(=C(\N)c1ccc(OCc2nc3cccnc3cc2C(N)=O)cc1)c1ccncc1.CSC. The number of thioether (sulfide) groups is 1. The topological polar surface area (TPSA) is 129 Å². The summed E-state index contributed by atoms with van der Waals surface area (Å²) < 4.78 is 5.88. The summed E-state index contributed by atoms with van der Waals surface area (Å²) >= 11 is 1.75. The van der Waals surface area contributed by atoms with Gasteiger partial charge in [-0.25, -0.2) is 4.98 Å². The van der Waals surface area contributed by atoms with E-state index in [1.807, 2.05) is 55.0 Å². The Bertz CT molecular complexity index is 1370. The molecule has 36 heavy (non-hydrogen) atoms. The molecular formula is C27H28N6O2S. The normalized spacial score (nSPS) is 11.5. The van der Waals surface area contributed by atoms with Gasteiger partial charge in [-0.05, 0) is 78.2 Å². The van der Waals surface area contributed by atoms with E-state index in [0.29, 0.717) is 28.2 Å². The van der Waals surface area contributed by atoms with E-state index >= 15 is 0 Å². The number of benzene rings is 1. The highest BCUT2D eigenvalue weighted by Crippen LogP contribution is 2.24. The van der Waals surface area contributed by atoms with E-state index in [1.165, 1.54) is 0 Å². The molecule has 0 aliphatic heterocycles. The van der Waals surface area contributed by atoms with Crippen LogP contribution in [0.25, 0.3) is 22.3 Å². The van der Waals surface area contributed by atoms with Crippen LogP contribution in [0.3, 0.4) is 0 Å². The number of hydrogen-bond acceptors (Lipinski definition) is 8. The van der Waals surface area contributed by atoms with E-state index in [-0.39, 0.29) is 12.2 Å². The molecule has 0 bridgehead atoms. The molecule has 0 radical (unpaired) electrons. The molecule has 0 saturated carbocycles. The summed E-state index contributed by atoms with van der Waals surface area (Å²) in [5.74, 6) is 0.0211. The van der Waals surface area contributed by atoms with Gasteiger partial charge in [0.2, 0.25) is 0 Å². The van der Waals surface area contributed by atoms with Crippen molar-refractivity contribution in [3.05, 3.63) is 95.6 Å². The Kier molecular flexibility index (Phi) is 9.53. The Balaban J connectivity index is 0.00000115. The lowest BCUT2D eigenvalue weighted by Crippen LogP contribution is -2.16. The van der Waals surface area contributed by atoms with Crippen LogP contribution in [-0.4, -0.2) is 46.6 Å². The number of allylic oxidation sites excluding steroid dienone is 1. The Hall–Kier alpha value is -4.24.